The highest BCUT2D eigenvalue weighted by molar-refractivity contribution is 9.10. The molecule has 0 saturated carbocycles. The highest BCUT2D eigenvalue weighted by Gasteiger charge is 2.16. The van der Waals surface area contributed by atoms with E-state index in [0.717, 1.165) is 12.1 Å². The number of rotatable bonds is 4. The van der Waals surface area contributed by atoms with E-state index >= 15 is 0 Å². The number of hydrogen-bond donors (Lipinski definition) is 0. The highest BCUT2D eigenvalue weighted by Crippen LogP contribution is 2.23. The van der Waals surface area contributed by atoms with Crippen LogP contribution in [0, 0.1) is 0 Å². The molecule has 19 heavy (non-hydrogen) atoms. The van der Waals surface area contributed by atoms with Gasteiger partial charge in [-0.2, -0.15) is 16.4 Å². The van der Waals surface area contributed by atoms with Crippen molar-refractivity contribution in [2.45, 2.75) is 19.4 Å². The molecule has 0 amide bonds. The molecular weight excluding hydrogens is 326 g/mol. The molecule has 0 radical (unpaired) electrons. The predicted octanol–water partition coefficient (Wildman–Crippen LogP) is 2.67. The number of likely N-dealkylation sites (N-methyl/N-ethyl adjacent to an activating group) is 1. The average molecular weight is 342 g/mol. The summed E-state index contributed by atoms with van der Waals surface area (Å²) in [7, 11) is 3.63. The predicted molar refractivity (Wildman–Crippen MR) is 83.1 cm³/mol. The minimum absolute atomic E-state index is 0.118. The topological polar surface area (TPSA) is 38.1 Å². The molecule has 1 unspecified atom stereocenters. The lowest BCUT2D eigenvalue weighted by atomic mass is 10.1. The van der Waals surface area contributed by atoms with Crippen LogP contribution >= 0.6 is 27.3 Å². The first-order valence-corrected chi connectivity index (χ1v) is 7.70. The summed E-state index contributed by atoms with van der Waals surface area (Å²) in [6.45, 7) is 2.14. The number of nitrogens with zero attached hydrogens (tertiary/aromatic N) is 3. The molecule has 4 nitrogen and oxygen atoms in total. The quantitative estimate of drug-likeness (QED) is 0.857. The van der Waals surface area contributed by atoms with Gasteiger partial charge < -0.3 is 4.90 Å². The van der Waals surface area contributed by atoms with Gasteiger partial charge in [0.2, 0.25) is 0 Å². The third-order valence-corrected chi connectivity index (χ3v) is 4.69. The third kappa shape index (κ3) is 3.06. The Labute approximate surface area is 124 Å². The largest absolute Gasteiger partial charge is 0.369 e. The molecule has 0 spiro atoms. The maximum absolute atomic E-state index is 11.9. The second kappa shape index (κ2) is 5.88. The minimum Gasteiger partial charge on any atom is -0.369 e. The summed E-state index contributed by atoms with van der Waals surface area (Å²) >= 11 is 5.07. The van der Waals surface area contributed by atoms with Crippen LogP contribution in [0.2, 0.25) is 0 Å². The lowest BCUT2D eigenvalue weighted by Gasteiger charge is -2.27. The van der Waals surface area contributed by atoms with E-state index in [1.54, 1.807) is 24.6 Å². The summed E-state index contributed by atoms with van der Waals surface area (Å²) in [5.74, 6) is 0. The van der Waals surface area contributed by atoms with Crippen molar-refractivity contribution in [2.75, 3.05) is 11.9 Å². The van der Waals surface area contributed by atoms with E-state index < -0.39 is 0 Å². The van der Waals surface area contributed by atoms with E-state index in [4.69, 9.17) is 0 Å². The van der Waals surface area contributed by atoms with Crippen LogP contribution in [0.3, 0.4) is 0 Å². The van der Waals surface area contributed by atoms with Crippen LogP contribution in [-0.4, -0.2) is 22.9 Å². The number of thiophene rings is 1. The first-order chi connectivity index (χ1) is 9.00. The van der Waals surface area contributed by atoms with Crippen LogP contribution < -0.4 is 10.5 Å². The molecule has 2 aromatic heterocycles. The molecule has 1 atom stereocenters. The molecule has 2 rings (SSSR count). The third-order valence-electron chi connectivity index (χ3n) is 3.21. The van der Waals surface area contributed by atoms with Crippen molar-refractivity contribution >= 4 is 33.0 Å². The first-order valence-electron chi connectivity index (χ1n) is 5.96. The summed E-state index contributed by atoms with van der Waals surface area (Å²) < 4.78 is 1.88. The summed E-state index contributed by atoms with van der Waals surface area (Å²) in [4.78, 5) is 13.9. The number of halogens is 1. The fraction of sp³-hybridized carbons (Fsp3) is 0.385. The fourth-order valence-corrected chi connectivity index (χ4v) is 3.19. The van der Waals surface area contributed by atoms with Crippen LogP contribution in [-0.2, 0) is 13.5 Å². The smallest absolute Gasteiger partial charge is 0.282 e. The fourth-order valence-electron chi connectivity index (χ4n) is 1.87. The van der Waals surface area contributed by atoms with Gasteiger partial charge >= 0.3 is 0 Å². The van der Waals surface area contributed by atoms with Crippen LogP contribution in [0.15, 0.2) is 32.3 Å². The van der Waals surface area contributed by atoms with Crippen molar-refractivity contribution in [3.8, 4) is 0 Å². The molecule has 0 aliphatic carbocycles. The highest BCUT2D eigenvalue weighted by atomic mass is 79.9. The molecule has 0 bridgehead atoms. The minimum atomic E-state index is -0.118. The molecule has 0 aliphatic rings. The maximum atomic E-state index is 11.9. The average Bonchev–Trinajstić information content (AvgIpc) is 2.88. The number of anilines is 1. The Hall–Kier alpha value is -1.14. The van der Waals surface area contributed by atoms with Crippen LogP contribution in [0.4, 0.5) is 5.69 Å². The summed E-state index contributed by atoms with van der Waals surface area (Å²) in [5, 5.41) is 8.31. The zero-order chi connectivity index (χ0) is 14.0. The van der Waals surface area contributed by atoms with Gasteiger partial charge in [0.05, 0.1) is 11.9 Å². The van der Waals surface area contributed by atoms with Crippen molar-refractivity contribution < 1.29 is 0 Å². The summed E-state index contributed by atoms with van der Waals surface area (Å²) in [6.07, 6.45) is 2.66. The van der Waals surface area contributed by atoms with Gasteiger partial charge in [0.15, 0.2) is 0 Å². The van der Waals surface area contributed by atoms with Crippen LogP contribution in [0.1, 0.15) is 12.5 Å². The second-order valence-corrected chi connectivity index (χ2v) is 6.14. The van der Waals surface area contributed by atoms with Crippen molar-refractivity contribution in [3.05, 3.63) is 43.4 Å². The molecule has 6 heteroatoms. The number of aromatic nitrogens is 2. The second-order valence-electron chi connectivity index (χ2n) is 4.57. The molecule has 0 N–H and O–H groups in total. The van der Waals surface area contributed by atoms with E-state index in [1.807, 2.05) is 7.05 Å². The Balaban J connectivity index is 2.22. The van der Waals surface area contributed by atoms with Crippen molar-refractivity contribution in [1.29, 1.82) is 0 Å². The van der Waals surface area contributed by atoms with Gasteiger partial charge in [0, 0.05) is 20.1 Å². The molecule has 102 valence electrons. The molecule has 0 aliphatic heterocycles. The zero-order valence-corrected chi connectivity index (χ0v) is 13.5. The van der Waals surface area contributed by atoms with Gasteiger partial charge in [0.1, 0.15) is 4.47 Å². The molecule has 0 saturated heterocycles. The van der Waals surface area contributed by atoms with Gasteiger partial charge in [-0.1, -0.05) is 0 Å². The number of aryl methyl sites for hydroxylation is 1. The van der Waals surface area contributed by atoms with E-state index in [9.17, 15) is 4.79 Å². The van der Waals surface area contributed by atoms with Crippen LogP contribution in [0.5, 0.6) is 0 Å². The normalized spacial score (nSPS) is 12.4. The molecule has 0 aromatic carbocycles. The van der Waals surface area contributed by atoms with Gasteiger partial charge in [-0.15, -0.1) is 0 Å². The van der Waals surface area contributed by atoms with Gasteiger partial charge in [-0.05, 0) is 51.7 Å². The lowest BCUT2D eigenvalue weighted by Crippen LogP contribution is -2.33. The monoisotopic (exact) mass is 341 g/mol. The van der Waals surface area contributed by atoms with Crippen molar-refractivity contribution in [3.63, 3.8) is 0 Å². The standard InChI is InChI=1S/C13H16BrN3OS/c1-9(6-10-4-5-19-8-10)16(2)11-7-15-17(3)13(18)12(11)14/h4-5,7-9H,6H2,1-3H3. The van der Waals surface area contributed by atoms with E-state index in [0.29, 0.717) is 10.5 Å². The molecule has 2 aromatic rings. The molecular formula is C13H16BrN3OS. The van der Waals surface area contributed by atoms with E-state index in [2.05, 4.69) is 49.7 Å². The Morgan fingerprint density at radius 1 is 1.58 bits per heavy atom. The van der Waals surface area contributed by atoms with Crippen molar-refractivity contribution in [2.24, 2.45) is 7.05 Å². The van der Waals surface area contributed by atoms with Crippen LogP contribution in [0.25, 0.3) is 0 Å². The Morgan fingerprint density at radius 2 is 2.32 bits per heavy atom. The zero-order valence-electron chi connectivity index (χ0n) is 11.1. The van der Waals surface area contributed by atoms with Gasteiger partial charge in [-0.3, -0.25) is 4.79 Å². The van der Waals surface area contributed by atoms with E-state index in [1.165, 1.54) is 10.2 Å². The van der Waals surface area contributed by atoms with E-state index in [-0.39, 0.29) is 5.56 Å². The Morgan fingerprint density at radius 3 is 2.95 bits per heavy atom. The SMILES string of the molecule is CC(Cc1ccsc1)N(C)c1cnn(C)c(=O)c1Br. The van der Waals surface area contributed by atoms with Crippen molar-refractivity contribution in [1.82, 2.24) is 9.78 Å². The first kappa shape index (κ1) is 14.3. The number of hydrogen-bond acceptors (Lipinski definition) is 4. The summed E-state index contributed by atoms with van der Waals surface area (Å²) in [5.41, 5.74) is 2.02. The van der Waals surface area contributed by atoms with Gasteiger partial charge in [0.25, 0.3) is 5.56 Å². The van der Waals surface area contributed by atoms with Gasteiger partial charge in [-0.25, -0.2) is 4.68 Å². The Kier molecular flexibility index (Phi) is 4.42. The maximum Gasteiger partial charge on any atom is 0.282 e. The summed E-state index contributed by atoms with van der Waals surface area (Å²) in [6, 6.07) is 2.42. The molecule has 0 fully saturated rings. The molecule has 2 heterocycles. The Bertz CT molecular complexity index is 609. The lowest BCUT2D eigenvalue weighted by molar-refractivity contribution is 0.660.